The fraction of sp³-hybridized carbons (Fsp3) is 0.903. The molecule has 37 heavy (non-hydrogen) atoms. The maximum atomic E-state index is 12.8. The third-order valence-electron chi connectivity index (χ3n) is 10.9. The smallest absolute Gasteiger partial charge is 0.194 e. The van der Waals surface area contributed by atoms with Gasteiger partial charge >= 0.3 is 0 Å². The summed E-state index contributed by atoms with van der Waals surface area (Å²) in [6, 6.07) is 0. The van der Waals surface area contributed by atoms with Crippen LogP contribution in [-0.2, 0) is 18.4 Å². The van der Waals surface area contributed by atoms with Gasteiger partial charge in [0, 0.05) is 19.4 Å². The first-order chi connectivity index (χ1) is 16.8. The molecule has 3 aliphatic carbocycles. The summed E-state index contributed by atoms with van der Waals surface area (Å²) in [5.74, 6) is 8.35. The van der Waals surface area contributed by atoms with E-state index in [1.807, 2.05) is 0 Å². The lowest BCUT2D eigenvalue weighted by molar-refractivity contribution is -0.189. The molecule has 0 saturated heterocycles. The van der Waals surface area contributed by atoms with Gasteiger partial charge in [-0.25, -0.2) is 0 Å². The first kappa shape index (κ1) is 31.1. The average Bonchev–Trinajstić information content (AvgIpc) is 2.77. The highest BCUT2D eigenvalue weighted by Crippen LogP contribution is 2.53. The fourth-order valence-corrected chi connectivity index (χ4v) is 9.13. The number of Topliss-reactive ketones (excluding diaryl/α,β-unsaturated/α-hetero) is 1. The van der Waals surface area contributed by atoms with Gasteiger partial charge in [-0.1, -0.05) is 72.6 Å². The van der Waals surface area contributed by atoms with E-state index < -0.39 is 27.8 Å². The minimum absolute atomic E-state index is 0.00791. The zero-order valence-electron chi connectivity index (χ0n) is 26.1. The Hall–Kier alpha value is -0.456. The summed E-state index contributed by atoms with van der Waals surface area (Å²) >= 11 is 0. The number of rotatable bonds is 6. The highest BCUT2D eigenvalue weighted by atomic mass is 28.4. The number of ketones is 1. The molecular formula is C31H56O4Si2. The number of hydrogen-bond donors (Lipinski definition) is 0. The van der Waals surface area contributed by atoms with Gasteiger partial charge in [0.25, 0.3) is 0 Å². The quantitative estimate of drug-likeness (QED) is 0.248. The van der Waals surface area contributed by atoms with E-state index in [1.165, 1.54) is 32.1 Å². The van der Waals surface area contributed by atoms with Crippen molar-refractivity contribution in [3.05, 3.63) is 0 Å². The third kappa shape index (κ3) is 6.01. The van der Waals surface area contributed by atoms with E-state index in [4.69, 9.17) is 13.6 Å². The molecule has 0 amide bonds. The lowest BCUT2D eigenvalue weighted by Gasteiger charge is -2.55. The zero-order chi connectivity index (χ0) is 28.1. The minimum atomic E-state index is -2.05. The van der Waals surface area contributed by atoms with Gasteiger partial charge in [0.2, 0.25) is 0 Å². The molecule has 0 aromatic rings. The first-order valence-electron chi connectivity index (χ1n) is 14.8. The molecule has 0 bridgehead atoms. The SMILES string of the molecule is CO[C@@]12CC[C@H](O[Si](C)(C)C(C)(C)C)[C@@H](C#C[C@@](C)(O[Si](C)(C)C(C)(C)C)C3CCCCC3)[C@@H]1CC2=O. The molecule has 0 heterocycles. The van der Waals surface area contributed by atoms with E-state index in [-0.39, 0.29) is 33.8 Å². The van der Waals surface area contributed by atoms with E-state index in [9.17, 15) is 4.79 Å². The van der Waals surface area contributed by atoms with Crippen molar-refractivity contribution in [2.75, 3.05) is 7.11 Å². The van der Waals surface area contributed by atoms with Crippen LogP contribution in [0.2, 0.25) is 36.3 Å². The summed E-state index contributed by atoms with van der Waals surface area (Å²) in [6.07, 6.45) is 8.34. The van der Waals surface area contributed by atoms with Gasteiger partial charge in [-0.15, -0.1) is 0 Å². The Labute approximate surface area is 230 Å². The van der Waals surface area contributed by atoms with Crippen LogP contribution < -0.4 is 0 Å². The molecule has 3 saturated carbocycles. The highest BCUT2D eigenvalue weighted by Gasteiger charge is 2.62. The van der Waals surface area contributed by atoms with Crippen molar-refractivity contribution in [2.24, 2.45) is 17.8 Å². The van der Waals surface area contributed by atoms with Gasteiger partial charge in [-0.2, -0.15) is 0 Å². The second kappa shape index (κ2) is 10.5. The van der Waals surface area contributed by atoms with Crippen LogP contribution in [0.25, 0.3) is 0 Å². The van der Waals surface area contributed by atoms with Crippen molar-refractivity contribution in [3.63, 3.8) is 0 Å². The van der Waals surface area contributed by atoms with Crippen molar-refractivity contribution in [1.82, 2.24) is 0 Å². The lowest BCUT2D eigenvalue weighted by Crippen LogP contribution is -2.65. The Bertz CT molecular complexity index is 897. The number of carbonyl (C=O) groups excluding carboxylic acids is 1. The topological polar surface area (TPSA) is 44.8 Å². The Morgan fingerprint density at radius 2 is 1.43 bits per heavy atom. The van der Waals surface area contributed by atoms with Crippen molar-refractivity contribution < 1.29 is 18.4 Å². The number of ether oxygens (including phenoxy) is 1. The molecule has 3 aliphatic rings. The number of fused-ring (bicyclic) bond motifs is 1. The van der Waals surface area contributed by atoms with E-state index in [1.54, 1.807) is 7.11 Å². The Morgan fingerprint density at radius 3 is 1.92 bits per heavy atom. The molecule has 212 valence electrons. The third-order valence-corrected chi connectivity index (χ3v) is 19.9. The molecule has 0 aromatic heterocycles. The summed E-state index contributed by atoms with van der Waals surface area (Å²) in [4.78, 5) is 12.8. The van der Waals surface area contributed by atoms with Crippen LogP contribution in [0.3, 0.4) is 0 Å². The summed E-state index contributed by atoms with van der Waals surface area (Å²) in [5, 5.41) is 0.243. The second-order valence-electron chi connectivity index (χ2n) is 15.4. The monoisotopic (exact) mass is 548 g/mol. The van der Waals surface area contributed by atoms with Crippen molar-refractivity contribution in [1.29, 1.82) is 0 Å². The van der Waals surface area contributed by atoms with Gasteiger partial charge in [-0.05, 0) is 74.8 Å². The Balaban J connectivity index is 2.02. The van der Waals surface area contributed by atoms with Gasteiger partial charge in [0.15, 0.2) is 22.4 Å². The van der Waals surface area contributed by atoms with Crippen LogP contribution in [0.4, 0.5) is 0 Å². The lowest BCUT2D eigenvalue weighted by atomic mass is 9.55. The van der Waals surface area contributed by atoms with E-state index in [0.29, 0.717) is 12.3 Å². The van der Waals surface area contributed by atoms with Crippen LogP contribution >= 0.6 is 0 Å². The standard InChI is InChI=1S/C31H56O4Si2/c1-28(2,3)36(9,10)34-26-19-21-31(33-8)25(22-27(31)32)24(26)18-20-30(7,23-16-14-13-15-17-23)35-37(11,12)29(4,5)6/h23-26H,13-17,19,21-22H2,1-12H3/t24-,25-,26-,30+,31-/m0/s1. The summed E-state index contributed by atoms with van der Waals surface area (Å²) in [5.41, 5.74) is -1.15. The average molecular weight is 549 g/mol. The first-order valence-corrected chi connectivity index (χ1v) is 20.6. The summed E-state index contributed by atoms with van der Waals surface area (Å²) in [6.45, 7) is 25.4. The largest absolute Gasteiger partial charge is 0.413 e. The normalized spacial score (nSPS) is 31.6. The van der Waals surface area contributed by atoms with E-state index in [2.05, 4.69) is 86.5 Å². The Kier molecular flexibility index (Phi) is 8.82. The van der Waals surface area contributed by atoms with Gasteiger partial charge < -0.3 is 13.6 Å². The van der Waals surface area contributed by atoms with Crippen molar-refractivity contribution in [3.8, 4) is 11.8 Å². The molecule has 3 fully saturated rings. The molecule has 4 nitrogen and oxygen atoms in total. The predicted molar refractivity (Wildman–Crippen MR) is 159 cm³/mol. The van der Waals surface area contributed by atoms with Crippen LogP contribution in [0, 0.1) is 29.6 Å². The second-order valence-corrected chi connectivity index (χ2v) is 24.9. The molecule has 0 aliphatic heterocycles. The van der Waals surface area contributed by atoms with E-state index >= 15 is 0 Å². The number of hydrogen-bond acceptors (Lipinski definition) is 4. The molecule has 5 atom stereocenters. The van der Waals surface area contributed by atoms with Crippen LogP contribution in [0.5, 0.6) is 0 Å². The van der Waals surface area contributed by atoms with Crippen LogP contribution in [0.15, 0.2) is 0 Å². The van der Waals surface area contributed by atoms with Gasteiger partial charge in [0.05, 0.1) is 12.0 Å². The number of methoxy groups -OCH3 is 1. The number of carbonyl (C=O) groups is 1. The maximum Gasteiger partial charge on any atom is 0.194 e. The summed E-state index contributed by atoms with van der Waals surface area (Å²) in [7, 11) is -2.34. The molecular weight excluding hydrogens is 493 g/mol. The van der Waals surface area contributed by atoms with Crippen molar-refractivity contribution >= 4 is 22.4 Å². The molecule has 0 aromatic carbocycles. The Morgan fingerprint density at radius 1 is 0.865 bits per heavy atom. The minimum Gasteiger partial charge on any atom is -0.413 e. The van der Waals surface area contributed by atoms with Crippen molar-refractivity contribution in [2.45, 2.75) is 153 Å². The maximum absolute atomic E-state index is 12.8. The van der Waals surface area contributed by atoms with Crippen LogP contribution in [0.1, 0.15) is 99.8 Å². The molecule has 0 unspecified atom stereocenters. The summed E-state index contributed by atoms with van der Waals surface area (Å²) < 4.78 is 20.2. The van der Waals surface area contributed by atoms with Gasteiger partial charge in [0.1, 0.15) is 11.2 Å². The zero-order valence-corrected chi connectivity index (χ0v) is 28.1. The van der Waals surface area contributed by atoms with Gasteiger partial charge in [-0.3, -0.25) is 4.79 Å². The predicted octanol–water partition coefficient (Wildman–Crippen LogP) is 8.13. The van der Waals surface area contributed by atoms with Crippen LogP contribution in [-0.4, -0.2) is 46.8 Å². The molecule has 0 radical (unpaired) electrons. The molecule has 0 spiro atoms. The van der Waals surface area contributed by atoms with E-state index in [0.717, 1.165) is 12.8 Å². The molecule has 6 heteroatoms. The molecule has 0 N–H and O–H groups in total. The fourth-order valence-electron chi connectivity index (χ4n) is 6.17. The highest BCUT2D eigenvalue weighted by molar-refractivity contribution is 6.74. The molecule has 3 rings (SSSR count).